The molecule has 3 nitrogen and oxygen atoms in total. The Balaban J connectivity index is 2.02. The number of halogens is 1. The lowest BCUT2D eigenvalue weighted by Gasteiger charge is -1.95. The molecule has 0 amide bonds. The number of aromatic nitrogens is 1. The van der Waals surface area contributed by atoms with Crippen molar-refractivity contribution in [2.24, 2.45) is 10.2 Å². The second kappa shape index (κ2) is 4.94. The van der Waals surface area contributed by atoms with Crippen molar-refractivity contribution in [1.82, 2.24) is 4.98 Å². The molecule has 2 aromatic rings. The number of nitrogens with zero attached hydrogens (tertiary/aromatic N) is 3. The maximum atomic E-state index is 13.2. The molecule has 2 rings (SSSR count). The molecule has 0 spiro atoms. The van der Waals surface area contributed by atoms with Gasteiger partial charge in [-0.3, -0.25) is 0 Å². The van der Waals surface area contributed by atoms with Crippen LogP contribution in [0.25, 0.3) is 0 Å². The number of thiazole rings is 1. The van der Waals surface area contributed by atoms with Crippen molar-refractivity contribution < 1.29 is 4.39 Å². The Kier molecular flexibility index (Phi) is 3.36. The summed E-state index contributed by atoms with van der Waals surface area (Å²) >= 11 is 1.42. The molecular weight excluding hydrogens is 225 g/mol. The first-order chi connectivity index (χ1) is 7.75. The van der Waals surface area contributed by atoms with Crippen LogP contribution >= 0.6 is 11.3 Å². The van der Waals surface area contributed by atoms with E-state index in [4.69, 9.17) is 0 Å². The summed E-state index contributed by atoms with van der Waals surface area (Å²) < 4.78 is 13.2. The molecule has 82 valence electrons. The van der Waals surface area contributed by atoms with E-state index in [9.17, 15) is 4.39 Å². The topological polar surface area (TPSA) is 37.6 Å². The average Bonchev–Trinajstić information content (AvgIpc) is 2.67. The van der Waals surface area contributed by atoms with Gasteiger partial charge in [0, 0.05) is 10.9 Å². The maximum absolute atomic E-state index is 13.2. The van der Waals surface area contributed by atoms with E-state index in [2.05, 4.69) is 15.2 Å². The van der Waals surface area contributed by atoms with Gasteiger partial charge in [-0.05, 0) is 13.0 Å². The third-order valence-electron chi connectivity index (χ3n) is 1.96. The minimum Gasteiger partial charge on any atom is -0.222 e. The van der Waals surface area contributed by atoms with Crippen molar-refractivity contribution in [2.75, 3.05) is 0 Å². The van der Waals surface area contributed by atoms with Crippen molar-refractivity contribution >= 4 is 16.5 Å². The van der Waals surface area contributed by atoms with Crippen LogP contribution in [0.1, 0.15) is 11.3 Å². The van der Waals surface area contributed by atoms with Crippen molar-refractivity contribution in [2.45, 2.75) is 13.5 Å². The van der Waals surface area contributed by atoms with Crippen LogP contribution in [-0.4, -0.2) is 4.98 Å². The largest absolute Gasteiger partial charge is 0.229 e. The highest BCUT2D eigenvalue weighted by Crippen LogP contribution is 2.19. The fourth-order valence-corrected chi connectivity index (χ4v) is 1.82. The van der Waals surface area contributed by atoms with E-state index < -0.39 is 0 Å². The van der Waals surface area contributed by atoms with Gasteiger partial charge in [-0.15, -0.1) is 16.5 Å². The number of aryl methyl sites for hydroxylation is 1. The van der Waals surface area contributed by atoms with Crippen LogP contribution in [-0.2, 0) is 6.54 Å². The number of azo groups is 1. The van der Waals surface area contributed by atoms with Crippen LogP contribution in [0.4, 0.5) is 9.52 Å². The van der Waals surface area contributed by atoms with Crippen molar-refractivity contribution in [3.8, 4) is 0 Å². The molecule has 0 N–H and O–H groups in total. The van der Waals surface area contributed by atoms with Crippen LogP contribution in [0.2, 0.25) is 0 Å². The lowest BCUT2D eigenvalue weighted by atomic mass is 10.2. The first-order valence-electron chi connectivity index (χ1n) is 4.79. The van der Waals surface area contributed by atoms with Crippen LogP contribution in [0.5, 0.6) is 0 Å². The summed E-state index contributed by atoms with van der Waals surface area (Å²) in [4.78, 5) is 4.13. The second-order valence-corrected chi connectivity index (χ2v) is 4.10. The van der Waals surface area contributed by atoms with Gasteiger partial charge >= 0.3 is 0 Å². The number of hydrogen-bond acceptors (Lipinski definition) is 4. The van der Waals surface area contributed by atoms with E-state index in [0.717, 1.165) is 5.69 Å². The lowest BCUT2D eigenvalue weighted by molar-refractivity contribution is 0.609. The summed E-state index contributed by atoms with van der Waals surface area (Å²) in [6.07, 6.45) is 0. The van der Waals surface area contributed by atoms with Crippen molar-refractivity contribution in [1.29, 1.82) is 0 Å². The van der Waals surface area contributed by atoms with Crippen LogP contribution in [0.15, 0.2) is 39.9 Å². The zero-order chi connectivity index (χ0) is 11.4. The van der Waals surface area contributed by atoms with E-state index in [-0.39, 0.29) is 12.4 Å². The standard InChI is InChI=1S/C11H10FN3S/c1-8-7-16-11(14-8)15-13-6-9-4-2-3-5-10(9)12/h2-5,7H,6H2,1H3. The Labute approximate surface area is 96.7 Å². The molecule has 0 aliphatic heterocycles. The lowest BCUT2D eigenvalue weighted by Crippen LogP contribution is -1.85. The van der Waals surface area contributed by atoms with E-state index >= 15 is 0 Å². The Morgan fingerprint density at radius 3 is 2.88 bits per heavy atom. The van der Waals surface area contributed by atoms with Crippen molar-refractivity contribution in [3.05, 3.63) is 46.7 Å². The molecule has 1 aromatic heterocycles. The molecule has 0 aliphatic carbocycles. The zero-order valence-electron chi connectivity index (χ0n) is 8.72. The van der Waals surface area contributed by atoms with Crippen LogP contribution < -0.4 is 0 Å². The number of benzene rings is 1. The molecule has 0 unspecified atom stereocenters. The van der Waals surface area contributed by atoms with E-state index in [1.807, 2.05) is 12.3 Å². The minimum atomic E-state index is -0.253. The fourth-order valence-electron chi connectivity index (χ4n) is 1.19. The highest BCUT2D eigenvalue weighted by atomic mass is 32.1. The molecule has 0 fully saturated rings. The van der Waals surface area contributed by atoms with Gasteiger partial charge in [-0.2, -0.15) is 5.11 Å². The SMILES string of the molecule is Cc1csc(N=NCc2ccccc2F)n1. The quantitative estimate of drug-likeness (QED) is 0.744. The summed E-state index contributed by atoms with van der Waals surface area (Å²) in [7, 11) is 0. The molecule has 0 bridgehead atoms. The summed E-state index contributed by atoms with van der Waals surface area (Å²) in [5.74, 6) is -0.253. The molecule has 1 heterocycles. The smallest absolute Gasteiger partial charge is 0.222 e. The summed E-state index contributed by atoms with van der Waals surface area (Å²) in [6.45, 7) is 2.14. The molecule has 0 aliphatic rings. The Morgan fingerprint density at radius 2 is 2.19 bits per heavy atom. The van der Waals surface area contributed by atoms with Crippen molar-refractivity contribution in [3.63, 3.8) is 0 Å². The normalized spacial score (nSPS) is 11.1. The van der Waals surface area contributed by atoms with E-state index in [1.165, 1.54) is 17.4 Å². The predicted molar refractivity (Wildman–Crippen MR) is 61.5 cm³/mol. The first-order valence-corrected chi connectivity index (χ1v) is 5.67. The van der Waals surface area contributed by atoms with Gasteiger partial charge in [-0.25, -0.2) is 9.37 Å². The van der Waals surface area contributed by atoms with Gasteiger partial charge in [0.05, 0.1) is 12.2 Å². The minimum absolute atomic E-state index is 0.241. The Bertz CT molecular complexity index is 507. The van der Waals surface area contributed by atoms with E-state index in [1.54, 1.807) is 18.2 Å². The highest BCUT2D eigenvalue weighted by molar-refractivity contribution is 7.13. The third-order valence-corrected chi connectivity index (χ3v) is 2.80. The summed E-state index contributed by atoms with van der Waals surface area (Å²) in [6, 6.07) is 6.54. The predicted octanol–water partition coefficient (Wildman–Crippen LogP) is 3.87. The van der Waals surface area contributed by atoms with Gasteiger partial charge in [0.25, 0.3) is 0 Å². The second-order valence-electron chi connectivity index (χ2n) is 3.26. The van der Waals surface area contributed by atoms with Gasteiger partial charge in [0.1, 0.15) is 5.82 Å². The van der Waals surface area contributed by atoms with E-state index in [0.29, 0.717) is 10.7 Å². The molecule has 0 radical (unpaired) electrons. The molecule has 0 saturated heterocycles. The monoisotopic (exact) mass is 235 g/mol. The molecule has 5 heteroatoms. The number of hydrogen-bond donors (Lipinski definition) is 0. The molecular formula is C11H10FN3S. The summed E-state index contributed by atoms with van der Waals surface area (Å²) in [5, 5.41) is 10.4. The molecule has 1 aromatic carbocycles. The average molecular weight is 235 g/mol. The van der Waals surface area contributed by atoms with Crippen LogP contribution in [0, 0.1) is 12.7 Å². The van der Waals surface area contributed by atoms with Crippen LogP contribution in [0.3, 0.4) is 0 Å². The van der Waals surface area contributed by atoms with Gasteiger partial charge in [0.2, 0.25) is 5.13 Å². The Morgan fingerprint density at radius 1 is 1.38 bits per heavy atom. The number of rotatable bonds is 3. The highest BCUT2D eigenvalue weighted by Gasteiger charge is 1.99. The maximum Gasteiger partial charge on any atom is 0.229 e. The van der Waals surface area contributed by atoms with Gasteiger partial charge in [-0.1, -0.05) is 18.2 Å². The molecule has 0 saturated carbocycles. The fraction of sp³-hybridized carbons (Fsp3) is 0.182. The zero-order valence-corrected chi connectivity index (χ0v) is 9.54. The van der Waals surface area contributed by atoms with Gasteiger partial charge < -0.3 is 0 Å². The Hall–Kier alpha value is -1.62. The third kappa shape index (κ3) is 2.70. The first kappa shape index (κ1) is 10.9. The summed E-state index contributed by atoms with van der Waals surface area (Å²) in [5.41, 5.74) is 1.46. The van der Waals surface area contributed by atoms with Gasteiger partial charge in [0.15, 0.2) is 0 Å². The molecule has 16 heavy (non-hydrogen) atoms. The molecule has 0 atom stereocenters.